The molecule has 3 N–H and O–H groups in total. The minimum atomic E-state index is -3.91. The van der Waals surface area contributed by atoms with E-state index in [2.05, 4.69) is 18.6 Å². The molecule has 5 atom stereocenters. The number of allylic oxidation sites excluding steroid dienone is 2. The molecule has 2 aliphatic carbocycles. The Hall–Kier alpha value is -3.88. The highest BCUT2D eigenvalue weighted by Gasteiger charge is 2.62. The number of ether oxygens (including phenoxy) is 2. The predicted molar refractivity (Wildman–Crippen MR) is 203 cm³/mol. The van der Waals surface area contributed by atoms with Gasteiger partial charge in [0, 0.05) is 35.7 Å². The van der Waals surface area contributed by atoms with Crippen molar-refractivity contribution in [2.75, 3.05) is 13.7 Å². The number of pyridine rings is 1. The SMILES string of the molecule is COc1ccc2c(O[C@@H]3C[C@H]4C(=O)C[C@]5(C(=O)NS(=O)(=O)C6(C)CC6)C[C@@H]5/C=C\CCCCC[C@H](N)C(=O)N4C3)cc(-c3nc(C(C)C)cs3)nc2c1. The number of nitrogens with zero attached hydrogens (tertiary/aromatic N) is 3. The highest BCUT2D eigenvalue weighted by atomic mass is 32.2. The molecule has 3 fully saturated rings. The van der Waals surface area contributed by atoms with Crippen LogP contribution in [0.2, 0.25) is 0 Å². The van der Waals surface area contributed by atoms with Gasteiger partial charge in [-0.2, -0.15) is 0 Å². The van der Waals surface area contributed by atoms with Crippen molar-refractivity contribution in [1.82, 2.24) is 19.6 Å². The number of ketones is 1. The zero-order valence-electron chi connectivity index (χ0n) is 30.8. The Morgan fingerprint density at radius 2 is 1.92 bits per heavy atom. The molecule has 0 spiro atoms. The molecular formula is C39H49N5O7S2. The van der Waals surface area contributed by atoms with E-state index in [1.165, 1.54) is 16.2 Å². The van der Waals surface area contributed by atoms with Gasteiger partial charge in [0.05, 0.1) is 47.1 Å². The van der Waals surface area contributed by atoms with E-state index in [4.69, 9.17) is 25.2 Å². The average Bonchev–Trinajstić information content (AvgIpc) is 3.89. The zero-order chi connectivity index (χ0) is 37.7. The lowest BCUT2D eigenvalue weighted by atomic mass is 9.91. The fraction of sp³-hybridized carbons (Fsp3) is 0.564. The van der Waals surface area contributed by atoms with Gasteiger partial charge in [-0.3, -0.25) is 19.1 Å². The van der Waals surface area contributed by atoms with Crippen molar-refractivity contribution < 1.29 is 32.3 Å². The van der Waals surface area contributed by atoms with Crippen LogP contribution in [0.1, 0.15) is 96.6 Å². The zero-order valence-corrected chi connectivity index (χ0v) is 32.4. The number of hydrogen-bond acceptors (Lipinski definition) is 11. The molecular weight excluding hydrogens is 715 g/mol. The molecule has 2 aliphatic heterocycles. The van der Waals surface area contributed by atoms with Crippen LogP contribution < -0.4 is 19.9 Å². The molecule has 1 saturated heterocycles. The number of rotatable bonds is 8. The van der Waals surface area contributed by atoms with E-state index in [1.54, 1.807) is 14.0 Å². The van der Waals surface area contributed by atoms with Crippen molar-refractivity contribution in [3.8, 4) is 22.2 Å². The summed E-state index contributed by atoms with van der Waals surface area (Å²) in [6, 6.07) is 5.71. The average molecular weight is 764 g/mol. The predicted octanol–water partition coefficient (Wildman–Crippen LogP) is 5.65. The first-order valence-electron chi connectivity index (χ1n) is 18.7. The number of nitrogens with one attached hydrogen (secondary N) is 1. The molecule has 12 nitrogen and oxygen atoms in total. The highest BCUT2D eigenvalue weighted by molar-refractivity contribution is 7.91. The number of amides is 2. The fourth-order valence-electron chi connectivity index (χ4n) is 7.54. The molecule has 4 heterocycles. The van der Waals surface area contributed by atoms with E-state index in [-0.39, 0.29) is 42.9 Å². The number of fused-ring (bicyclic) bond motifs is 3. The van der Waals surface area contributed by atoms with Gasteiger partial charge in [0.25, 0.3) is 0 Å². The summed E-state index contributed by atoms with van der Waals surface area (Å²) in [5.74, 6) is -0.134. The molecule has 7 rings (SSSR count). The summed E-state index contributed by atoms with van der Waals surface area (Å²) in [5.41, 5.74) is 7.52. The molecule has 2 saturated carbocycles. The summed E-state index contributed by atoms with van der Waals surface area (Å²) in [6.07, 6.45) is 8.55. The molecule has 0 bridgehead atoms. The lowest BCUT2D eigenvalue weighted by molar-refractivity contribution is -0.140. The Bertz CT molecular complexity index is 2060. The first-order valence-corrected chi connectivity index (χ1v) is 21.0. The van der Waals surface area contributed by atoms with Gasteiger partial charge in [-0.15, -0.1) is 11.3 Å². The number of thiazole rings is 1. The van der Waals surface area contributed by atoms with Crippen LogP contribution in [-0.2, 0) is 24.4 Å². The Morgan fingerprint density at radius 3 is 2.64 bits per heavy atom. The first kappa shape index (κ1) is 37.4. The van der Waals surface area contributed by atoms with Crippen molar-refractivity contribution in [2.24, 2.45) is 17.1 Å². The Balaban J connectivity index is 1.20. The lowest BCUT2D eigenvalue weighted by Gasteiger charge is -2.27. The lowest BCUT2D eigenvalue weighted by Crippen LogP contribution is -2.50. The maximum atomic E-state index is 14.4. The number of sulfonamides is 1. The van der Waals surface area contributed by atoms with E-state index in [0.717, 1.165) is 41.8 Å². The van der Waals surface area contributed by atoms with Crippen LogP contribution in [0, 0.1) is 11.3 Å². The van der Waals surface area contributed by atoms with Crippen LogP contribution in [0.3, 0.4) is 0 Å². The van der Waals surface area contributed by atoms with Crippen LogP contribution in [0.25, 0.3) is 21.6 Å². The van der Waals surface area contributed by atoms with Gasteiger partial charge >= 0.3 is 0 Å². The monoisotopic (exact) mass is 763 g/mol. The van der Waals surface area contributed by atoms with Crippen LogP contribution in [-0.4, -0.2) is 77.5 Å². The standard InChI is InChI=1S/C39H49N5O7S2/c1-23(2)31-22-52-35(42-31)30-18-34(27-13-12-25(50-4)16-29(27)41-30)51-26-17-32-33(45)20-39(37(47)43-53(48,49)38(3)14-15-38)19-24(39)10-8-6-5-7-9-11-28(40)36(46)44(32)21-26/h8,10,12-13,16,18,22-24,26,28,32H,5-7,9,11,14-15,17,19-21,40H2,1-4H3,(H,43,47)/b10-8-/t24-,26+,28-,32-,39+/m0/s1. The third-order valence-corrected chi connectivity index (χ3v) is 14.5. The topological polar surface area (TPSA) is 171 Å². The Labute approximate surface area is 315 Å². The number of carbonyl (C=O) groups is 3. The molecule has 1 aromatic carbocycles. The minimum Gasteiger partial charge on any atom is -0.497 e. The van der Waals surface area contributed by atoms with Crippen molar-refractivity contribution in [2.45, 2.75) is 114 Å². The van der Waals surface area contributed by atoms with Gasteiger partial charge in [0.2, 0.25) is 21.8 Å². The van der Waals surface area contributed by atoms with Gasteiger partial charge in [0.15, 0.2) is 5.78 Å². The first-order chi connectivity index (χ1) is 25.2. The number of nitrogens with two attached hydrogens (primary N) is 1. The number of methoxy groups -OCH3 is 1. The second-order valence-corrected chi connectivity index (χ2v) is 18.8. The second-order valence-electron chi connectivity index (χ2n) is 15.8. The normalized spacial score (nSPS) is 28.1. The summed E-state index contributed by atoms with van der Waals surface area (Å²) in [4.78, 5) is 53.5. The summed E-state index contributed by atoms with van der Waals surface area (Å²) in [7, 11) is -2.32. The summed E-state index contributed by atoms with van der Waals surface area (Å²) in [5, 5.41) is 3.51. The van der Waals surface area contributed by atoms with E-state index < -0.39 is 44.3 Å². The van der Waals surface area contributed by atoms with Crippen molar-refractivity contribution in [1.29, 1.82) is 0 Å². The molecule has 53 heavy (non-hydrogen) atoms. The molecule has 14 heteroatoms. The van der Waals surface area contributed by atoms with Gasteiger partial charge in [-0.1, -0.05) is 38.8 Å². The maximum absolute atomic E-state index is 14.4. The van der Waals surface area contributed by atoms with Crippen LogP contribution in [0.5, 0.6) is 11.5 Å². The second kappa shape index (κ2) is 14.4. The Kier molecular flexibility index (Phi) is 10.2. The third-order valence-electron chi connectivity index (χ3n) is 11.5. The number of Topliss-reactive ketones (excluding diaryl/α,β-unsaturated/α-hetero) is 1. The smallest absolute Gasteiger partial charge is 0.240 e. The van der Waals surface area contributed by atoms with Crippen LogP contribution in [0.15, 0.2) is 41.8 Å². The summed E-state index contributed by atoms with van der Waals surface area (Å²) < 4.78 is 39.8. The van der Waals surface area contributed by atoms with Gasteiger partial charge in [-0.25, -0.2) is 18.4 Å². The molecule has 4 aliphatic rings. The molecule has 284 valence electrons. The van der Waals surface area contributed by atoms with Gasteiger partial charge in [0.1, 0.15) is 28.3 Å². The van der Waals surface area contributed by atoms with E-state index in [9.17, 15) is 22.8 Å². The Morgan fingerprint density at radius 1 is 1.13 bits per heavy atom. The van der Waals surface area contributed by atoms with Crippen molar-refractivity contribution in [3.05, 3.63) is 47.5 Å². The van der Waals surface area contributed by atoms with Crippen LogP contribution >= 0.6 is 11.3 Å². The maximum Gasteiger partial charge on any atom is 0.240 e. The molecule has 0 unspecified atom stereocenters. The molecule has 3 aromatic rings. The van der Waals surface area contributed by atoms with Crippen molar-refractivity contribution in [3.63, 3.8) is 0 Å². The summed E-state index contributed by atoms with van der Waals surface area (Å²) in [6.45, 7) is 5.93. The third kappa shape index (κ3) is 7.46. The number of hydrogen-bond donors (Lipinski definition) is 2. The van der Waals surface area contributed by atoms with E-state index in [1.807, 2.05) is 41.8 Å². The van der Waals surface area contributed by atoms with Gasteiger partial charge in [-0.05, 0) is 69.4 Å². The summed E-state index contributed by atoms with van der Waals surface area (Å²) >= 11 is 1.50. The van der Waals surface area contributed by atoms with Gasteiger partial charge < -0.3 is 20.1 Å². The largest absolute Gasteiger partial charge is 0.497 e. The molecule has 0 radical (unpaired) electrons. The highest BCUT2D eigenvalue weighted by Crippen LogP contribution is 2.57. The number of carbonyl (C=O) groups excluding carboxylic acids is 3. The minimum absolute atomic E-state index is 0.127. The van der Waals surface area contributed by atoms with Crippen LogP contribution in [0.4, 0.5) is 0 Å². The molecule has 2 aromatic heterocycles. The van der Waals surface area contributed by atoms with E-state index in [0.29, 0.717) is 48.4 Å². The quantitative estimate of drug-likeness (QED) is 0.273. The van der Waals surface area contributed by atoms with Crippen molar-refractivity contribution >= 4 is 49.9 Å². The fourth-order valence-corrected chi connectivity index (χ4v) is 9.82. The van der Waals surface area contributed by atoms with E-state index >= 15 is 0 Å². The number of aromatic nitrogens is 2. The molecule has 2 amide bonds. The number of benzene rings is 1.